The second kappa shape index (κ2) is 1.88. The summed E-state index contributed by atoms with van der Waals surface area (Å²) in [5.41, 5.74) is 0.757. The van der Waals surface area contributed by atoms with Gasteiger partial charge in [0.25, 0.3) is 0 Å². The molecule has 0 aliphatic rings. The van der Waals surface area contributed by atoms with Crippen molar-refractivity contribution in [1.29, 1.82) is 0 Å². The SMILES string of the molecule is O=Cc1nc2cn[nH]c2s1. The predicted molar refractivity (Wildman–Crippen MR) is 37.2 cm³/mol. The molecular formula is C5H3N3OS. The van der Waals surface area contributed by atoms with Crippen LogP contribution in [0.15, 0.2) is 6.20 Å². The molecule has 0 amide bonds. The number of hydrogen-bond donors (Lipinski definition) is 1. The highest BCUT2D eigenvalue weighted by molar-refractivity contribution is 7.19. The normalized spacial score (nSPS) is 10.4. The van der Waals surface area contributed by atoms with Gasteiger partial charge in [-0.25, -0.2) is 4.98 Å². The Bertz CT molecular complexity index is 335. The van der Waals surface area contributed by atoms with Gasteiger partial charge in [-0.05, 0) is 0 Å². The molecule has 5 heteroatoms. The van der Waals surface area contributed by atoms with Crippen LogP contribution in [-0.2, 0) is 0 Å². The van der Waals surface area contributed by atoms with Gasteiger partial charge in [-0.1, -0.05) is 11.3 Å². The molecule has 0 fully saturated rings. The molecule has 0 aromatic carbocycles. The van der Waals surface area contributed by atoms with Crippen molar-refractivity contribution in [3.05, 3.63) is 11.2 Å². The Morgan fingerprint density at radius 2 is 2.60 bits per heavy atom. The van der Waals surface area contributed by atoms with E-state index in [0.717, 1.165) is 16.6 Å². The summed E-state index contributed by atoms with van der Waals surface area (Å²) in [6, 6.07) is 0. The Morgan fingerprint density at radius 1 is 1.70 bits per heavy atom. The van der Waals surface area contributed by atoms with Crippen LogP contribution in [0.4, 0.5) is 0 Å². The topological polar surface area (TPSA) is 58.6 Å². The smallest absolute Gasteiger partial charge is 0.178 e. The quantitative estimate of drug-likeness (QED) is 0.617. The summed E-state index contributed by atoms with van der Waals surface area (Å²) in [6.45, 7) is 0. The maximum Gasteiger partial charge on any atom is 0.178 e. The van der Waals surface area contributed by atoms with Crippen molar-refractivity contribution in [3.63, 3.8) is 0 Å². The Labute approximate surface area is 59.9 Å². The van der Waals surface area contributed by atoms with Crippen molar-refractivity contribution in [2.75, 3.05) is 0 Å². The minimum absolute atomic E-state index is 0.489. The number of H-pyrrole nitrogens is 1. The molecule has 2 aromatic rings. The average Bonchev–Trinajstić information content (AvgIpc) is 2.42. The van der Waals surface area contributed by atoms with E-state index in [1.807, 2.05) is 0 Å². The summed E-state index contributed by atoms with van der Waals surface area (Å²) in [5.74, 6) is 0. The number of nitrogens with one attached hydrogen (secondary N) is 1. The van der Waals surface area contributed by atoms with Gasteiger partial charge < -0.3 is 0 Å². The fourth-order valence-corrected chi connectivity index (χ4v) is 1.42. The fraction of sp³-hybridized carbons (Fsp3) is 0. The van der Waals surface area contributed by atoms with Gasteiger partial charge in [0.2, 0.25) is 0 Å². The van der Waals surface area contributed by atoms with Gasteiger partial charge in [0, 0.05) is 0 Å². The summed E-state index contributed by atoms with van der Waals surface area (Å²) in [7, 11) is 0. The van der Waals surface area contributed by atoms with Crippen molar-refractivity contribution in [1.82, 2.24) is 15.2 Å². The first-order valence-electron chi connectivity index (χ1n) is 2.65. The molecule has 0 radical (unpaired) electrons. The van der Waals surface area contributed by atoms with Crippen LogP contribution in [0.25, 0.3) is 10.3 Å². The van der Waals surface area contributed by atoms with Crippen molar-refractivity contribution in [2.24, 2.45) is 0 Å². The molecule has 2 aromatic heterocycles. The molecule has 2 rings (SSSR count). The molecule has 0 atom stereocenters. The molecule has 10 heavy (non-hydrogen) atoms. The predicted octanol–water partition coefficient (Wildman–Crippen LogP) is 0.832. The summed E-state index contributed by atoms with van der Waals surface area (Å²) >= 11 is 1.31. The minimum Gasteiger partial charge on any atom is -0.295 e. The number of fused-ring (bicyclic) bond motifs is 1. The van der Waals surface area contributed by atoms with Crippen LogP contribution in [0, 0.1) is 0 Å². The van der Waals surface area contributed by atoms with E-state index >= 15 is 0 Å². The van der Waals surface area contributed by atoms with Gasteiger partial charge in [-0.15, -0.1) is 0 Å². The Balaban J connectivity index is 2.78. The lowest BCUT2D eigenvalue weighted by Crippen LogP contribution is -1.72. The van der Waals surface area contributed by atoms with Gasteiger partial charge in [0.1, 0.15) is 10.3 Å². The van der Waals surface area contributed by atoms with Gasteiger partial charge in [-0.3, -0.25) is 9.89 Å². The first-order chi connectivity index (χ1) is 4.90. The lowest BCUT2D eigenvalue weighted by atomic mass is 10.6. The molecule has 0 spiro atoms. The van der Waals surface area contributed by atoms with Crippen molar-refractivity contribution < 1.29 is 4.79 Å². The second-order valence-corrected chi connectivity index (χ2v) is 2.78. The number of aromatic amines is 1. The number of aromatic nitrogens is 3. The zero-order valence-corrected chi connectivity index (χ0v) is 5.68. The summed E-state index contributed by atoms with van der Waals surface area (Å²) in [4.78, 5) is 15.0. The van der Waals surface area contributed by atoms with Crippen molar-refractivity contribution in [2.45, 2.75) is 0 Å². The lowest BCUT2D eigenvalue weighted by molar-refractivity contribution is 0.112. The molecule has 2 heterocycles. The van der Waals surface area contributed by atoms with Crippen LogP contribution in [-0.4, -0.2) is 21.5 Å². The standard InChI is InChI=1S/C5H3N3OS/c9-2-4-7-3-1-6-8-5(3)10-4/h1-2H,(H,6,8). The van der Waals surface area contributed by atoms with Crippen LogP contribution in [0.2, 0.25) is 0 Å². The third kappa shape index (κ3) is 0.640. The summed E-state index contributed by atoms with van der Waals surface area (Å²) < 4.78 is 0. The van der Waals surface area contributed by atoms with Crippen molar-refractivity contribution >= 4 is 28.0 Å². The maximum absolute atomic E-state index is 10.2. The molecule has 0 aliphatic carbocycles. The van der Waals surface area contributed by atoms with E-state index in [0.29, 0.717) is 5.01 Å². The highest BCUT2D eigenvalue weighted by Gasteiger charge is 2.02. The third-order valence-electron chi connectivity index (χ3n) is 1.12. The molecule has 50 valence electrons. The highest BCUT2D eigenvalue weighted by atomic mass is 32.1. The lowest BCUT2D eigenvalue weighted by Gasteiger charge is -1.69. The van der Waals surface area contributed by atoms with Crippen LogP contribution < -0.4 is 0 Å². The Kier molecular flexibility index (Phi) is 1.04. The zero-order valence-electron chi connectivity index (χ0n) is 4.87. The van der Waals surface area contributed by atoms with Gasteiger partial charge in [0.15, 0.2) is 11.3 Å². The van der Waals surface area contributed by atoms with Crippen LogP contribution in [0.1, 0.15) is 9.80 Å². The number of aldehydes is 1. The first-order valence-corrected chi connectivity index (χ1v) is 3.47. The van der Waals surface area contributed by atoms with Gasteiger partial charge >= 0.3 is 0 Å². The number of nitrogens with zero attached hydrogens (tertiary/aromatic N) is 2. The largest absolute Gasteiger partial charge is 0.295 e. The maximum atomic E-state index is 10.2. The number of hydrogen-bond acceptors (Lipinski definition) is 4. The molecule has 0 bridgehead atoms. The minimum atomic E-state index is 0.489. The monoisotopic (exact) mass is 153 g/mol. The summed E-state index contributed by atoms with van der Waals surface area (Å²) in [6.07, 6.45) is 2.33. The van der Waals surface area contributed by atoms with Crippen LogP contribution in [0.3, 0.4) is 0 Å². The molecular weight excluding hydrogens is 150 g/mol. The van der Waals surface area contributed by atoms with Crippen LogP contribution >= 0.6 is 11.3 Å². The van der Waals surface area contributed by atoms with Crippen molar-refractivity contribution in [3.8, 4) is 0 Å². The van der Waals surface area contributed by atoms with Gasteiger partial charge in [0.05, 0.1) is 6.20 Å². The third-order valence-corrected chi connectivity index (χ3v) is 2.02. The van der Waals surface area contributed by atoms with Crippen LogP contribution in [0.5, 0.6) is 0 Å². The molecule has 0 saturated heterocycles. The highest BCUT2D eigenvalue weighted by Crippen LogP contribution is 2.16. The molecule has 0 aliphatic heterocycles. The molecule has 1 N–H and O–H groups in total. The molecule has 4 nitrogen and oxygen atoms in total. The number of carbonyl (C=O) groups excluding carboxylic acids is 1. The second-order valence-electron chi connectivity index (χ2n) is 1.75. The number of thiazole rings is 1. The van der Waals surface area contributed by atoms with E-state index in [-0.39, 0.29) is 0 Å². The fourth-order valence-electron chi connectivity index (χ4n) is 0.719. The van der Waals surface area contributed by atoms with E-state index in [2.05, 4.69) is 15.2 Å². The Morgan fingerprint density at radius 3 is 3.30 bits per heavy atom. The average molecular weight is 153 g/mol. The van der Waals surface area contributed by atoms with E-state index in [4.69, 9.17) is 0 Å². The molecule has 0 saturated carbocycles. The number of carbonyl (C=O) groups is 1. The van der Waals surface area contributed by atoms with E-state index in [9.17, 15) is 4.79 Å². The van der Waals surface area contributed by atoms with E-state index in [1.165, 1.54) is 11.3 Å². The zero-order chi connectivity index (χ0) is 6.97. The van der Waals surface area contributed by atoms with Gasteiger partial charge in [-0.2, -0.15) is 5.10 Å². The first kappa shape index (κ1) is 5.55. The number of rotatable bonds is 1. The van der Waals surface area contributed by atoms with E-state index < -0.39 is 0 Å². The van der Waals surface area contributed by atoms with E-state index in [1.54, 1.807) is 6.20 Å². The summed E-state index contributed by atoms with van der Waals surface area (Å²) in [5, 5.41) is 6.95. The Hall–Kier alpha value is -1.23. The molecule has 0 unspecified atom stereocenters.